The molecular formula is C13H26N2. The van der Waals surface area contributed by atoms with Crippen molar-refractivity contribution in [1.29, 1.82) is 0 Å². The molecule has 2 rings (SSSR count). The number of likely N-dealkylation sites (N-methyl/N-ethyl adjacent to an activating group) is 1. The smallest absolute Gasteiger partial charge is 0.0326 e. The molecule has 1 N–H and O–H groups in total. The van der Waals surface area contributed by atoms with Gasteiger partial charge in [-0.2, -0.15) is 0 Å². The molecule has 0 aromatic rings. The van der Waals surface area contributed by atoms with Crippen LogP contribution in [0.15, 0.2) is 0 Å². The lowest BCUT2D eigenvalue weighted by Gasteiger charge is -2.52. The zero-order chi connectivity index (χ0) is 10.9. The van der Waals surface area contributed by atoms with Crippen LogP contribution in [-0.2, 0) is 0 Å². The Morgan fingerprint density at radius 3 is 2.20 bits per heavy atom. The number of hydrogen-bond acceptors (Lipinski definition) is 2. The fourth-order valence-corrected chi connectivity index (χ4v) is 3.59. The highest BCUT2D eigenvalue weighted by molar-refractivity contribution is 5.05. The molecular weight excluding hydrogens is 184 g/mol. The Morgan fingerprint density at radius 1 is 1.13 bits per heavy atom. The van der Waals surface area contributed by atoms with Crippen LogP contribution in [0.2, 0.25) is 0 Å². The zero-order valence-corrected chi connectivity index (χ0v) is 10.6. The second-order valence-corrected chi connectivity index (χ2v) is 5.63. The van der Waals surface area contributed by atoms with Crippen molar-refractivity contribution < 1.29 is 0 Å². The molecule has 0 radical (unpaired) electrons. The fraction of sp³-hybridized carbons (Fsp3) is 1.00. The van der Waals surface area contributed by atoms with Gasteiger partial charge in [-0.25, -0.2) is 0 Å². The van der Waals surface area contributed by atoms with Crippen LogP contribution in [0.4, 0.5) is 0 Å². The quantitative estimate of drug-likeness (QED) is 0.753. The molecule has 88 valence electrons. The van der Waals surface area contributed by atoms with Crippen LogP contribution in [0.1, 0.15) is 52.4 Å². The van der Waals surface area contributed by atoms with Crippen molar-refractivity contribution in [3.05, 3.63) is 0 Å². The average molecular weight is 210 g/mol. The highest BCUT2D eigenvalue weighted by Crippen LogP contribution is 2.37. The molecule has 1 aliphatic heterocycles. The third kappa shape index (κ3) is 1.83. The predicted octanol–water partition coefficient (Wildman–Crippen LogP) is 2.39. The van der Waals surface area contributed by atoms with Crippen LogP contribution in [0.5, 0.6) is 0 Å². The summed E-state index contributed by atoms with van der Waals surface area (Å²) in [5, 5.41) is 3.88. The van der Waals surface area contributed by atoms with Crippen LogP contribution in [0.3, 0.4) is 0 Å². The number of nitrogens with one attached hydrogen (secondary N) is 1. The molecule has 1 saturated carbocycles. The molecule has 0 aromatic heterocycles. The fourth-order valence-electron chi connectivity index (χ4n) is 3.59. The highest BCUT2D eigenvalue weighted by Gasteiger charge is 2.45. The van der Waals surface area contributed by atoms with E-state index < -0.39 is 0 Å². The Labute approximate surface area is 94.4 Å². The lowest BCUT2D eigenvalue weighted by atomic mass is 9.83. The third-order valence-corrected chi connectivity index (χ3v) is 5.02. The van der Waals surface area contributed by atoms with Gasteiger partial charge >= 0.3 is 0 Å². The van der Waals surface area contributed by atoms with Crippen LogP contribution in [0, 0.1) is 0 Å². The summed E-state index contributed by atoms with van der Waals surface area (Å²) in [4.78, 5) is 2.63. The van der Waals surface area contributed by atoms with E-state index in [2.05, 4.69) is 31.1 Å². The number of rotatable bonds is 2. The van der Waals surface area contributed by atoms with Crippen LogP contribution in [-0.4, -0.2) is 36.1 Å². The second-order valence-electron chi connectivity index (χ2n) is 5.63. The summed E-state index contributed by atoms with van der Waals surface area (Å²) >= 11 is 0. The van der Waals surface area contributed by atoms with Gasteiger partial charge in [0.2, 0.25) is 0 Å². The Kier molecular flexibility index (Phi) is 3.09. The van der Waals surface area contributed by atoms with Crippen molar-refractivity contribution in [2.75, 3.05) is 20.1 Å². The van der Waals surface area contributed by atoms with Gasteiger partial charge in [-0.1, -0.05) is 26.7 Å². The molecule has 0 atom stereocenters. The molecule has 0 unspecified atom stereocenters. The molecule has 0 amide bonds. The van der Waals surface area contributed by atoms with E-state index in [1.807, 2.05) is 0 Å². The van der Waals surface area contributed by atoms with Crippen molar-refractivity contribution in [1.82, 2.24) is 10.2 Å². The van der Waals surface area contributed by atoms with Gasteiger partial charge in [-0.05, 0) is 32.7 Å². The van der Waals surface area contributed by atoms with E-state index in [4.69, 9.17) is 0 Å². The van der Waals surface area contributed by atoms with Crippen molar-refractivity contribution in [3.8, 4) is 0 Å². The molecule has 2 fully saturated rings. The van der Waals surface area contributed by atoms with Gasteiger partial charge in [0.15, 0.2) is 0 Å². The molecule has 15 heavy (non-hydrogen) atoms. The first-order valence-corrected chi connectivity index (χ1v) is 6.63. The van der Waals surface area contributed by atoms with Gasteiger partial charge in [0.25, 0.3) is 0 Å². The maximum absolute atomic E-state index is 3.88. The van der Waals surface area contributed by atoms with E-state index in [-0.39, 0.29) is 0 Å². The Hall–Kier alpha value is -0.0800. The normalized spacial score (nSPS) is 29.8. The summed E-state index contributed by atoms with van der Waals surface area (Å²) in [5.41, 5.74) is 0.899. The Morgan fingerprint density at radius 2 is 1.73 bits per heavy atom. The van der Waals surface area contributed by atoms with Gasteiger partial charge in [0, 0.05) is 24.2 Å². The summed E-state index contributed by atoms with van der Waals surface area (Å²) in [7, 11) is 2.33. The lowest BCUT2D eigenvalue weighted by Crippen LogP contribution is -2.67. The number of hydrogen-bond donors (Lipinski definition) is 1. The van der Waals surface area contributed by atoms with Crippen molar-refractivity contribution in [2.24, 2.45) is 0 Å². The van der Waals surface area contributed by atoms with E-state index >= 15 is 0 Å². The van der Waals surface area contributed by atoms with Crippen LogP contribution in [0.25, 0.3) is 0 Å². The monoisotopic (exact) mass is 210 g/mol. The summed E-state index contributed by atoms with van der Waals surface area (Å²) in [6.07, 6.45) is 8.16. The minimum absolute atomic E-state index is 0.424. The SMILES string of the molecule is CCC1(CC)CNC2(CCCC2)CN1C. The summed E-state index contributed by atoms with van der Waals surface area (Å²) < 4.78 is 0. The van der Waals surface area contributed by atoms with E-state index in [0.717, 1.165) is 0 Å². The third-order valence-electron chi connectivity index (χ3n) is 5.02. The first-order valence-electron chi connectivity index (χ1n) is 6.63. The topological polar surface area (TPSA) is 15.3 Å². The summed E-state index contributed by atoms with van der Waals surface area (Å²) in [6, 6.07) is 0. The first kappa shape index (κ1) is 11.4. The average Bonchev–Trinajstić information content (AvgIpc) is 2.68. The molecule has 2 heteroatoms. The lowest BCUT2D eigenvalue weighted by molar-refractivity contribution is 0.0212. The molecule has 1 heterocycles. The molecule has 0 aromatic carbocycles. The van der Waals surface area contributed by atoms with E-state index in [1.165, 1.54) is 51.6 Å². The maximum Gasteiger partial charge on any atom is 0.0326 e. The molecule has 2 nitrogen and oxygen atoms in total. The summed E-state index contributed by atoms with van der Waals surface area (Å²) in [5.74, 6) is 0. The van der Waals surface area contributed by atoms with Crippen LogP contribution < -0.4 is 5.32 Å². The van der Waals surface area contributed by atoms with Gasteiger partial charge in [0.1, 0.15) is 0 Å². The molecule has 2 aliphatic rings. The zero-order valence-electron chi connectivity index (χ0n) is 10.6. The van der Waals surface area contributed by atoms with Crippen molar-refractivity contribution in [3.63, 3.8) is 0 Å². The number of nitrogens with zero attached hydrogens (tertiary/aromatic N) is 1. The maximum atomic E-state index is 3.88. The second kappa shape index (κ2) is 4.06. The predicted molar refractivity (Wildman–Crippen MR) is 65.1 cm³/mol. The molecule has 1 saturated heterocycles. The van der Waals surface area contributed by atoms with Gasteiger partial charge in [-0.15, -0.1) is 0 Å². The molecule has 1 aliphatic carbocycles. The Bertz CT molecular complexity index is 215. The molecule has 1 spiro atoms. The van der Waals surface area contributed by atoms with E-state index in [1.54, 1.807) is 0 Å². The van der Waals surface area contributed by atoms with Crippen molar-refractivity contribution >= 4 is 0 Å². The van der Waals surface area contributed by atoms with Crippen molar-refractivity contribution in [2.45, 2.75) is 63.5 Å². The van der Waals surface area contributed by atoms with E-state index in [9.17, 15) is 0 Å². The van der Waals surface area contributed by atoms with Gasteiger partial charge in [0.05, 0.1) is 0 Å². The number of piperazine rings is 1. The molecule has 0 bridgehead atoms. The standard InChI is InChI=1S/C13H26N2/c1-4-13(5-2)10-14-12(11-15(13)3)8-6-7-9-12/h14H,4-11H2,1-3H3. The Balaban J connectivity index is 2.07. The van der Waals surface area contributed by atoms with Crippen LogP contribution >= 0.6 is 0 Å². The largest absolute Gasteiger partial charge is 0.308 e. The van der Waals surface area contributed by atoms with Gasteiger partial charge in [-0.3, -0.25) is 4.90 Å². The minimum atomic E-state index is 0.424. The summed E-state index contributed by atoms with van der Waals surface area (Å²) in [6.45, 7) is 7.10. The highest BCUT2D eigenvalue weighted by atomic mass is 15.3. The first-order chi connectivity index (χ1) is 7.16. The van der Waals surface area contributed by atoms with E-state index in [0.29, 0.717) is 11.1 Å². The minimum Gasteiger partial charge on any atom is -0.308 e. The van der Waals surface area contributed by atoms with Gasteiger partial charge < -0.3 is 5.32 Å².